The fourth-order valence-corrected chi connectivity index (χ4v) is 2.38. The highest BCUT2D eigenvalue weighted by Gasteiger charge is 2.42. The zero-order chi connectivity index (χ0) is 14.6. The second-order valence-electron chi connectivity index (χ2n) is 4.89. The van der Waals surface area contributed by atoms with E-state index in [1.807, 2.05) is 0 Å². The number of amides is 1. The third-order valence-corrected chi connectivity index (χ3v) is 3.41. The third kappa shape index (κ3) is 3.26. The van der Waals surface area contributed by atoms with Crippen molar-refractivity contribution < 1.29 is 23.8 Å². The number of hydrogen-bond donors (Lipinski definition) is 2. The van der Waals surface area contributed by atoms with Crippen LogP contribution in [0.3, 0.4) is 0 Å². The summed E-state index contributed by atoms with van der Waals surface area (Å²) in [4.78, 5) is 23.0. The van der Waals surface area contributed by atoms with Crippen LogP contribution in [0.15, 0.2) is 24.3 Å². The van der Waals surface area contributed by atoms with Crippen molar-refractivity contribution in [3.8, 4) is 5.75 Å². The Morgan fingerprint density at radius 3 is 2.65 bits per heavy atom. The lowest BCUT2D eigenvalue weighted by atomic mass is 9.98. The van der Waals surface area contributed by atoms with Crippen LogP contribution in [-0.2, 0) is 9.59 Å². The minimum absolute atomic E-state index is 0.232. The first-order chi connectivity index (χ1) is 9.52. The average Bonchev–Trinajstić information content (AvgIpc) is 2.86. The summed E-state index contributed by atoms with van der Waals surface area (Å²) in [5.74, 6) is -1.76. The maximum atomic E-state index is 12.9. The Hall–Kier alpha value is -2.11. The molecule has 0 radical (unpaired) electrons. The predicted octanol–water partition coefficient (Wildman–Crippen LogP) is 1.72. The summed E-state index contributed by atoms with van der Waals surface area (Å²) in [7, 11) is 0. The second-order valence-corrected chi connectivity index (χ2v) is 4.89. The molecule has 0 aliphatic heterocycles. The molecule has 108 valence electrons. The van der Waals surface area contributed by atoms with Crippen molar-refractivity contribution in [3.63, 3.8) is 0 Å². The van der Waals surface area contributed by atoms with Crippen LogP contribution in [-0.4, -0.2) is 29.1 Å². The smallest absolute Gasteiger partial charge is 0.329 e. The Morgan fingerprint density at radius 1 is 1.35 bits per heavy atom. The number of carbonyl (C=O) groups is 2. The topological polar surface area (TPSA) is 75.6 Å². The number of carboxylic acids is 1. The Kier molecular flexibility index (Phi) is 4.22. The molecule has 2 rings (SSSR count). The van der Waals surface area contributed by atoms with Crippen LogP contribution < -0.4 is 10.1 Å². The van der Waals surface area contributed by atoms with Crippen molar-refractivity contribution >= 4 is 11.9 Å². The van der Waals surface area contributed by atoms with Crippen LogP contribution in [0.2, 0.25) is 0 Å². The van der Waals surface area contributed by atoms with Gasteiger partial charge in [0.15, 0.2) is 6.61 Å². The fraction of sp³-hybridized carbons (Fsp3) is 0.429. The lowest BCUT2D eigenvalue weighted by molar-refractivity contribution is -0.147. The number of nitrogens with one attached hydrogen (secondary N) is 1. The van der Waals surface area contributed by atoms with Gasteiger partial charge in [-0.1, -0.05) is 18.9 Å². The van der Waals surface area contributed by atoms with Gasteiger partial charge in [-0.25, -0.2) is 9.18 Å². The highest BCUT2D eigenvalue weighted by molar-refractivity contribution is 5.87. The molecule has 2 N–H and O–H groups in total. The maximum absolute atomic E-state index is 12.9. The Labute approximate surface area is 115 Å². The van der Waals surface area contributed by atoms with E-state index in [1.54, 1.807) is 0 Å². The molecule has 0 heterocycles. The molecule has 1 amide bonds. The van der Waals surface area contributed by atoms with Gasteiger partial charge in [-0.2, -0.15) is 0 Å². The number of carboxylic acid groups (broad SMARTS) is 1. The van der Waals surface area contributed by atoms with Crippen molar-refractivity contribution in [2.75, 3.05) is 6.61 Å². The summed E-state index contributed by atoms with van der Waals surface area (Å²) in [5, 5.41) is 11.7. The summed E-state index contributed by atoms with van der Waals surface area (Å²) < 4.78 is 18.1. The van der Waals surface area contributed by atoms with E-state index < -0.39 is 23.2 Å². The first kappa shape index (κ1) is 14.3. The lowest BCUT2D eigenvalue weighted by Gasteiger charge is -2.25. The van der Waals surface area contributed by atoms with E-state index >= 15 is 0 Å². The normalized spacial score (nSPS) is 16.6. The van der Waals surface area contributed by atoms with E-state index in [9.17, 15) is 19.1 Å². The molecule has 6 heteroatoms. The largest absolute Gasteiger partial charge is 0.484 e. The van der Waals surface area contributed by atoms with E-state index in [4.69, 9.17) is 4.74 Å². The molecule has 0 atom stereocenters. The molecule has 1 fully saturated rings. The summed E-state index contributed by atoms with van der Waals surface area (Å²) in [6.07, 6.45) is 2.40. The monoisotopic (exact) mass is 281 g/mol. The molecule has 0 bridgehead atoms. The maximum Gasteiger partial charge on any atom is 0.329 e. The number of rotatable bonds is 5. The molecular weight excluding hydrogens is 265 g/mol. The summed E-state index contributed by atoms with van der Waals surface area (Å²) in [6, 6.07) is 5.43. The quantitative estimate of drug-likeness (QED) is 0.861. The fourth-order valence-electron chi connectivity index (χ4n) is 2.38. The van der Waals surface area contributed by atoms with Crippen molar-refractivity contribution in [1.29, 1.82) is 0 Å². The average molecular weight is 281 g/mol. The molecule has 20 heavy (non-hydrogen) atoms. The number of hydrogen-bond acceptors (Lipinski definition) is 3. The van der Waals surface area contributed by atoms with E-state index in [1.165, 1.54) is 18.2 Å². The van der Waals surface area contributed by atoms with Crippen LogP contribution in [0, 0.1) is 5.82 Å². The first-order valence-corrected chi connectivity index (χ1v) is 6.45. The summed E-state index contributed by atoms with van der Waals surface area (Å²) in [5.41, 5.74) is -1.18. The van der Waals surface area contributed by atoms with Crippen molar-refractivity contribution in [2.24, 2.45) is 0 Å². The minimum Gasteiger partial charge on any atom is -0.484 e. The van der Waals surface area contributed by atoms with Gasteiger partial charge in [0.05, 0.1) is 0 Å². The van der Waals surface area contributed by atoms with Gasteiger partial charge in [0.25, 0.3) is 5.91 Å². The molecule has 1 aromatic carbocycles. The van der Waals surface area contributed by atoms with Gasteiger partial charge in [-0.3, -0.25) is 4.79 Å². The molecule has 1 aliphatic carbocycles. The second kappa shape index (κ2) is 5.90. The van der Waals surface area contributed by atoms with Crippen molar-refractivity contribution in [1.82, 2.24) is 5.32 Å². The first-order valence-electron chi connectivity index (χ1n) is 6.45. The number of halogens is 1. The van der Waals surface area contributed by atoms with Gasteiger partial charge in [0.2, 0.25) is 0 Å². The lowest BCUT2D eigenvalue weighted by Crippen LogP contribution is -2.53. The molecule has 5 nitrogen and oxygen atoms in total. The molecule has 0 spiro atoms. The summed E-state index contributed by atoms with van der Waals surface area (Å²) in [6.45, 7) is -0.335. The molecule has 1 aliphatic rings. The van der Waals surface area contributed by atoms with E-state index in [-0.39, 0.29) is 12.4 Å². The van der Waals surface area contributed by atoms with Gasteiger partial charge in [-0.05, 0) is 25.0 Å². The zero-order valence-electron chi connectivity index (χ0n) is 10.9. The number of carbonyl (C=O) groups excluding carboxylic acids is 1. The standard InChI is InChI=1S/C14H16FNO4/c15-10-4-3-5-11(8-10)20-9-12(17)16-14(13(18)19)6-1-2-7-14/h3-5,8H,1-2,6-7,9H2,(H,16,17)(H,18,19). The van der Waals surface area contributed by atoms with E-state index in [0.717, 1.165) is 18.9 Å². The molecule has 0 unspecified atom stereocenters. The van der Waals surface area contributed by atoms with Crippen LogP contribution >= 0.6 is 0 Å². The zero-order valence-corrected chi connectivity index (χ0v) is 10.9. The molecule has 0 aromatic heterocycles. The van der Waals surface area contributed by atoms with Gasteiger partial charge < -0.3 is 15.2 Å². The van der Waals surface area contributed by atoms with Gasteiger partial charge in [-0.15, -0.1) is 0 Å². The van der Waals surface area contributed by atoms with Crippen molar-refractivity contribution in [3.05, 3.63) is 30.1 Å². The van der Waals surface area contributed by atoms with Gasteiger partial charge in [0, 0.05) is 6.07 Å². The molecule has 1 saturated carbocycles. The van der Waals surface area contributed by atoms with E-state index in [0.29, 0.717) is 12.8 Å². The highest BCUT2D eigenvalue weighted by atomic mass is 19.1. The Bertz CT molecular complexity index is 512. The number of ether oxygens (including phenoxy) is 1. The number of benzene rings is 1. The summed E-state index contributed by atoms with van der Waals surface area (Å²) >= 11 is 0. The van der Waals surface area contributed by atoms with Crippen LogP contribution in [0.5, 0.6) is 5.75 Å². The van der Waals surface area contributed by atoms with Crippen LogP contribution in [0.4, 0.5) is 4.39 Å². The number of aliphatic carboxylic acids is 1. The van der Waals surface area contributed by atoms with Gasteiger partial charge >= 0.3 is 5.97 Å². The van der Waals surface area contributed by atoms with Crippen LogP contribution in [0.1, 0.15) is 25.7 Å². The minimum atomic E-state index is -1.18. The van der Waals surface area contributed by atoms with Crippen LogP contribution in [0.25, 0.3) is 0 Å². The SMILES string of the molecule is O=C(COc1cccc(F)c1)NC1(C(=O)O)CCCC1. The molecular formula is C14H16FNO4. The third-order valence-electron chi connectivity index (χ3n) is 3.41. The highest BCUT2D eigenvalue weighted by Crippen LogP contribution is 2.29. The van der Waals surface area contributed by atoms with E-state index in [2.05, 4.69) is 5.32 Å². The molecule has 0 saturated heterocycles. The van der Waals surface area contributed by atoms with Crippen molar-refractivity contribution in [2.45, 2.75) is 31.2 Å². The Balaban J connectivity index is 1.90. The van der Waals surface area contributed by atoms with Gasteiger partial charge in [0.1, 0.15) is 17.1 Å². The molecule has 1 aromatic rings. The predicted molar refractivity (Wildman–Crippen MR) is 68.9 cm³/mol. The Morgan fingerprint density at radius 2 is 2.05 bits per heavy atom.